The zero-order valence-electron chi connectivity index (χ0n) is 11.2. The van der Waals surface area contributed by atoms with Crippen LogP contribution in [-0.2, 0) is 0 Å². The number of hydrogen-bond acceptors (Lipinski definition) is 5. The largest absolute Gasteiger partial charge is 0.507 e. The predicted octanol–water partition coefficient (Wildman–Crippen LogP) is 1.96. The molecule has 0 saturated heterocycles. The first-order valence-corrected chi connectivity index (χ1v) is 6.14. The van der Waals surface area contributed by atoms with E-state index >= 15 is 0 Å². The highest BCUT2D eigenvalue weighted by atomic mass is 16.3. The normalized spacial score (nSPS) is 11.2. The maximum Gasteiger partial charge on any atom is 0.271 e. The number of benzene rings is 2. The number of phenolic OH excluding ortho intramolecular Hbond substituents is 3. The Morgan fingerprint density at radius 2 is 1.71 bits per heavy atom. The number of aromatic hydroxyl groups is 3. The fourth-order valence-electron chi connectivity index (χ4n) is 1.70. The van der Waals surface area contributed by atoms with E-state index in [9.17, 15) is 20.1 Å². The number of phenols is 3. The third kappa shape index (κ3) is 3.30. The van der Waals surface area contributed by atoms with Gasteiger partial charge in [-0.25, -0.2) is 5.43 Å². The monoisotopic (exact) mass is 286 g/mol. The minimum atomic E-state index is -0.542. The Balaban J connectivity index is 2.14. The summed E-state index contributed by atoms with van der Waals surface area (Å²) in [5.41, 5.74) is 3.41. The molecule has 0 aromatic heterocycles. The van der Waals surface area contributed by atoms with Crippen molar-refractivity contribution in [2.24, 2.45) is 5.10 Å². The van der Waals surface area contributed by atoms with Gasteiger partial charge < -0.3 is 15.3 Å². The van der Waals surface area contributed by atoms with Gasteiger partial charge in [0.05, 0.1) is 5.71 Å². The molecule has 2 aromatic carbocycles. The van der Waals surface area contributed by atoms with Crippen molar-refractivity contribution in [3.8, 4) is 17.2 Å². The molecule has 0 unspecified atom stereocenters. The van der Waals surface area contributed by atoms with Crippen molar-refractivity contribution in [1.29, 1.82) is 0 Å². The minimum absolute atomic E-state index is 0.0651. The molecule has 0 aliphatic heterocycles. The van der Waals surface area contributed by atoms with Gasteiger partial charge in [0, 0.05) is 11.1 Å². The number of para-hydroxylation sites is 1. The van der Waals surface area contributed by atoms with E-state index in [4.69, 9.17) is 0 Å². The summed E-state index contributed by atoms with van der Waals surface area (Å²) in [6, 6.07) is 10.3. The summed E-state index contributed by atoms with van der Waals surface area (Å²) in [5.74, 6) is -1.17. The van der Waals surface area contributed by atoms with Crippen LogP contribution in [-0.4, -0.2) is 26.9 Å². The second kappa shape index (κ2) is 5.96. The molecular formula is C15H14N2O4. The van der Waals surface area contributed by atoms with Crippen LogP contribution in [0.2, 0.25) is 0 Å². The van der Waals surface area contributed by atoms with Crippen LogP contribution >= 0.6 is 0 Å². The van der Waals surface area contributed by atoms with Crippen LogP contribution in [0.15, 0.2) is 47.6 Å². The predicted molar refractivity (Wildman–Crippen MR) is 77.6 cm³/mol. The van der Waals surface area contributed by atoms with E-state index in [1.807, 2.05) is 0 Å². The highest BCUT2D eigenvalue weighted by Gasteiger charge is 2.09. The lowest BCUT2D eigenvalue weighted by atomic mass is 10.1. The van der Waals surface area contributed by atoms with E-state index in [2.05, 4.69) is 10.5 Å². The number of amides is 1. The average molecular weight is 286 g/mol. The van der Waals surface area contributed by atoms with Crippen molar-refractivity contribution >= 4 is 11.6 Å². The molecule has 0 spiro atoms. The first kappa shape index (κ1) is 14.4. The summed E-state index contributed by atoms with van der Waals surface area (Å²) < 4.78 is 0. The fraction of sp³-hybridized carbons (Fsp3) is 0.0667. The van der Waals surface area contributed by atoms with Crippen LogP contribution in [0.25, 0.3) is 0 Å². The topological polar surface area (TPSA) is 102 Å². The summed E-state index contributed by atoms with van der Waals surface area (Å²) in [5, 5.41) is 32.1. The summed E-state index contributed by atoms with van der Waals surface area (Å²) in [4.78, 5) is 11.9. The Morgan fingerprint density at radius 3 is 2.38 bits per heavy atom. The van der Waals surface area contributed by atoms with E-state index in [1.165, 1.54) is 18.2 Å². The van der Waals surface area contributed by atoms with Gasteiger partial charge in [-0.2, -0.15) is 5.10 Å². The summed E-state index contributed by atoms with van der Waals surface area (Å²) in [6.07, 6.45) is 0. The molecule has 0 radical (unpaired) electrons. The molecule has 0 heterocycles. The van der Waals surface area contributed by atoms with Gasteiger partial charge in [-0.05, 0) is 37.3 Å². The van der Waals surface area contributed by atoms with Crippen molar-refractivity contribution in [3.05, 3.63) is 53.6 Å². The van der Waals surface area contributed by atoms with Crippen LogP contribution in [0.5, 0.6) is 17.2 Å². The minimum Gasteiger partial charge on any atom is -0.507 e. The van der Waals surface area contributed by atoms with Crippen molar-refractivity contribution < 1.29 is 20.1 Å². The number of nitrogens with zero attached hydrogens (tertiary/aromatic N) is 1. The molecule has 0 aliphatic carbocycles. The average Bonchev–Trinajstić information content (AvgIpc) is 2.47. The van der Waals surface area contributed by atoms with E-state index in [-0.39, 0.29) is 22.8 Å². The van der Waals surface area contributed by atoms with E-state index in [0.717, 1.165) is 6.07 Å². The third-order valence-electron chi connectivity index (χ3n) is 2.86. The maximum atomic E-state index is 11.9. The van der Waals surface area contributed by atoms with Gasteiger partial charge in [0.15, 0.2) is 11.5 Å². The van der Waals surface area contributed by atoms with Gasteiger partial charge in [0.1, 0.15) is 5.75 Å². The molecule has 0 aliphatic rings. The number of carbonyl (C=O) groups excluding carboxylic acids is 1. The highest BCUT2D eigenvalue weighted by molar-refractivity contribution is 6.02. The first-order valence-electron chi connectivity index (χ1n) is 6.14. The van der Waals surface area contributed by atoms with Crippen molar-refractivity contribution in [1.82, 2.24) is 5.43 Å². The van der Waals surface area contributed by atoms with Gasteiger partial charge in [0.25, 0.3) is 5.91 Å². The second-order valence-corrected chi connectivity index (χ2v) is 4.36. The van der Waals surface area contributed by atoms with Gasteiger partial charge in [-0.3, -0.25) is 4.79 Å². The molecule has 2 aromatic rings. The molecule has 1 amide bonds. The molecule has 6 nitrogen and oxygen atoms in total. The van der Waals surface area contributed by atoms with Gasteiger partial charge in [0.2, 0.25) is 0 Å². The van der Waals surface area contributed by atoms with Gasteiger partial charge >= 0.3 is 0 Å². The number of carbonyl (C=O) groups is 1. The quantitative estimate of drug-likeness (QED) is 0.393. The van der Waals surface area contributed by atoms with Crippen LogP contribution in [0, 0.1) is 0 Å². The Hall–Kier alpha value is -3.02. The molecule has 2 rings (SSSR count). The summed E-state index contributed by atoms with van der Waals surface area (Å²) in [7, 11) is 0. The van der Waals surface area contributed by atoms with E-state index < -0.39 is 5.91 Å². The molecule has 21 heavy (non-hydrogen) atoms. The summed E-state index contributed by atoms with van der Waals surface area (Å²) >= 11 is 0. The Bertz CT molecular complexity index is 711. The maximum absolute atomic E-state index is 11.9. The molecular weight excluding hydrogens is 272 g/mol. The lowest BCUT2D eigenvalue weighted by Gasteiger charge is -2.05. The summed E-state index contributed by atoms with van der Waals surface area (Å²) in [6.45, 7) is 1.64. The number of nitrogens with one attached hydrogen (secondary N) is 1. The fourth-order valence-corrected chi connectivity index (χ4v) is 1.70. The lowest BCUT2D eigenvalue weighted by molar-refractivity contribution is 0.0954. The first-order chi connectivity index (χ1) is 9.99. The van der Waals surface area contributed by atoms with Gasteiger partial charge in [-0.15, -0.1) is 0 Å². The Morgan fingerprint density at radius 1 is 1.00 bits per heavy atom. The molecule has 4 N–H and O–H groups in total. The smallest absolute Gasteiger partial charge is 0.271 e. The molecule has 6 heteroatoms. The third-order valence-corrected chi connectivity index (χ3v) is 2.86. The van der Waals surface area contributed by atoms with Crippen LogP contribution in [0.3, 0.4) is 0 Å². The van der Waals surface area contributed by atoms with E-state index in [0.29, 0.717) is 11.3 Å². The van der Waals surface area contributed by atoms with Crippen LogP contribution in [0.4, 0.5) is 0 Å². The molecule has 0 saturated carbocycles. The Kier molecular flexibility index (Phi) is 4.08. The zero-order chi connectivity index (χ0) is 15.4. The lowest BCUT2D eigenvalue weighted by Crippen LogP contribution is -2.19. The van der Waals surface area contributed by atoms with Crippen LogP contribution in [0.1, 0.15) is 22.8 Å². The molecule has 0 fully saturated rings. The number of rotatable bonds is 3. The molecule has 0 bridgehead atoms. The highest BCUT2D eigenvalue weighted by Crippen LogP contribution is 2.24. The van der Waals surface area contributed by atoms with Crippen LogP contribution < -0.4 is 5.43 Å². The standard InChI is InChI=1S/C15H14N2O4/c1-9(11-4-2-3-5-12(11)18)16-17-15(21)10-6-7-13(19)14(20)8-10/h2-8,18-20H,1H3,(H,17,21)/b16-9+. The second-order valence-electron chi connectivity index (χ2n) is 4.36. The number of hydrogen-bond donors (Lipinski definition) is 4. The van der Waals surface area contributed by atoms with Crippen molar-refractivity contribution in [2.75, 3.05) is 0 Å². The Labute approximate surface area is 121 Å². The van der Waals surface area contributed by atoms with Crippen molar-refractivity contribution in [2.45, 2.75) is 6.92 Å². The number of hydrazone groups is 1. The van der Waals surface area contributed by atoms with Gasteiger partial charge in [-0.1, -0.05) is 12.1 Å². The molecule has 108 valence electrons. The van der Waals surface area contributed by atoms with E-state index in [1.54, 1.807) is 25.1 Å². The van der Waals surface area contributed by atoms with Crippen molar-refractivity contribution in [3.63, 3.8) is 0 Å². The molecule has 0 atom stereocenters. The zero-order valence-corrected chi connectivity index (χ0v) is 11.2. The SMILES string of the molecule is C/C(=N\NC(=O)c1ccc(O)c(O)c1)c1ccccc1O.